The van der Waals surface area contributed by atoms with Gasteiger partial charge in [-0.3, -0.25) is 4.79 Å². The molecule has 0 aliphatic carbocycles. The summed E-state index contributed by atoms with van der Waals surface area (Å²) < 4.78 is 0. The number of benzene rings is 1. The fourth-order valence-electron chi connectivity index (χ4n) is 1.54. The van der Waals surface area contributed by atoms with E-state index in [-0.39, 0.29) is 5.91 Å². The van der Waals surface area contributed by atoms with Gasteiger partial charge >= 0.3 is 0 Å². The van der Waals surface area contributed by atoms with Crippen molar-refractivity contribution in [3.05, 3.63) is 46.2 Å². The number of carbonyl (C=O) groups is 1. The molecule has 3 N–H and O–H groups in total. The Kier molecular flexibility index (Phi) is 4.87. The van der Waals surface area contributed by atoms with Crippen molar-refractivity contribution in [1.29, 1.82) is 0 Å². The zero-order valence-corrected chi connectivity index (χ0v) is 12.3. The molecular formula is C14H16N2OS2. The van der Waals surface area contributed by atoms with Gasteiger partial charge in [0.15, 0.2) is 0 Å². The smallest absolute Gasteiger partial charge is 0.230 e. The Morgan fingerprint density at radius 1 is 1.42 bits per heavy atom. The maximum absolute atomic E-state index is 11.7. The molecule has 5 heteroatoms. The zero-order valence-electron chi connectivity index (χ0n) is 10.7. The van der Waals surface area contributed by atoms with Gasteiger partial charge in [-0.2, -0.15) is 0 Å². The van der Waals surface area contributed by atoms with Gasteiger partial charge in [-0.15, -0.1) is 23.1 Å². The van der Waals surface area contributed by atoms with Crippen molar-refractivity contribution >= 4 is 34.7 Å². The van der Waals surface area contributed by atoms with Crippen LogP contribution >= 0.6 is 23.1 Å². The van der Waals surface area contributed by atoms with Crippen LogP contribution in [0.4, 0.5) is 5.69 Å². The summed E-state index contributed by atoms with van der Waals surface area (Å²) in [7, 11) is 0. The van der Waals surface area contributed by atoms with Crippen LogP contribution in [0.3, 0.4) is 0 Å². The molecule has 0 fully saturated rings. The normalized spacial score (nSPS) is 10.4. The van der Waals surface area contributed by atoms with E-state index in [0.29, 0.717) is 12.3 Å². The lowest BCUT2D eigenvalue weighted by Crippen LogP contribution is -2.24. The van der Waals surface area contributed by atoms with E-state index in [4.69, 9.17) is 5.73 Å². The molecule has 0 unspecified atom stereocenters. The van der Waals surface area contributed by atoms with Crippen molar-refractivity contribution in [2.75, 3.05) is 11.5 Å². The fourth-order valence-corrected chi connectivity index (χ4v) is 3.01. The highest BCUT2D eigenvalue weighted by molar-refractivity contribution is 8.00. The van der Waals surface area contributed by atoms with Crippen molar-refractivity contribution in [2.24, 2.45) is 0 Å². The molecule has 0 bridgehead atoms. The minimum absolute atomic E-state index is 0.0490. The van der Waals surface area contributed by atoms with Gasteiger partial charge in [0, 0.05) is 15.5 Å². The largest absolute Gasteiger partial charge is 0.399 e. The Morgan fingerprint density at radius 2 is 2.26 bits per heavy atom. The third-order valence-corrected chi connectivity index (χ3v) is 4.52. The monoisotopic (exact) mass is 292 g/mol. The molecule has 19 heavy (non-hydrogen) atoms. The molecule has 0 atom stereocenters. The number of nitrogen functional groups attached to an aromatic ring is 1. The van der Waals surface area contributed by atoms with Gasteiger partial charge < -0.3 is 11.1 Å². The SMILES string of the molecule is Cc1cc(SCC(=O)NCc2cccs2)ccc1N. The summed E-state index contributed by atoms with van der Waals surface area (Å²) >= 11 is 3.17. The van der Waals surface area contributed by atoms with Crippen molar-refractivity contribution < 1.29 is 4.79 Å². The summed E-state index contributed by atoms with van der Waals surface area (Å²) in [6.07, 6.45) is 0. The number of nitrogens with one attached hydrogen (secondary N) is 1. The van der Waals surface area contributed by atoms with Crippen LogP contribution in [0.2, 0.25) is 0 Å². The first kappa shape index (κ1) is 14.0. The predicted molar refractivity (Wildman–Crippen MR) is 82.5 cm³/mol. The Bertz CT molecular complexity index is 553. The van der Waals surface area contributed by atoms with E-state index in [2.05, 4.69) is 5.32 Å². The van der Waals surface area contributed by atoms with Gasteiger partial charge in [-0.1, -0.05) is 6.07 Å². The van der Waals surface area contributed by atoms with Crippen LogP contribution < -0.4 is 11.1 Å². The summed E-state index contributed by atoms with van der Waals surface area (Å²) in [5.74, 6) is 0.474. The minimum atomic E-state index is 0.0490. The quantitative estimate of drug-likeness (QED) is 0.658. The van der Waals surface area contributed by atoms with E-state index in [1.165, 1.54) is 16.6 Å². The molecule has 1 amide bonds. The van der Waals surface area contributed by atoms with Crippen LogP contribution in [0.15, 0.2) is 40.6 Å². The molecule has 2 aromatic rings. The van der Waals surface area contributed by atoms with E-state index in [9.17, 15) is 4.79 Å². The summed E-state index contributed by atoms with van der Waals surface area (Å²) in [6, 6.07) is 9.83. The predicted octanol–water partition coefficient (Wildman–Crippen LogP) is 3.05. The van der Waals surface area contributed by atoms with Crippen molar-refractivity contribution in [2.45, 2.75) is 18.4 Å². The molecule has 1 heterocycles. The molecule has 0 radical (unpaired) electrons. The lowest BCUT2D eigenvalue weighted by atomic mass is 10.2. The maximum atomic E-state index is 11.7. The summed E-state index contributed by atoms with van der Waals surface area (Å²) in [5.41, 5.74) is 7.59. The topological polar surface area (TPSA) is 55.1 Å². The van der Waals surface area contributed by atoms with Crippen LogP contribution in [-0.4, -0.2) is 11.7 Å². The summed E-state index contributed by atoms with van der Waals surface area (Å²) in [6.45, 7) is 2.58. The Morgan fingerprint density at radius 3 is 2.95 bits per heavy atom. The number of anilines is 1. The molecule has 0 aliphatic rings. The van der Waals surface area contributed by atoms with Crippen molar-refractivity contribution in [3.8, 4) is 0 Å². The lowest BCUT2D eigenvalue weighted by Gasteiger charge is -2.06. The molecule has 2 rings (SSSR count). The van der Waals surface area contributed by atoms with Crippen LogP contribution in [0.5, 0.6) is 0 Å². The third kappa shape index (κ3) is 4.29. The van der Waals surface area contributed by atoms with Gasteiger partial charge in [-0.05, 0) is 42.1 Å². The number of thioether (sulfide) groups is 1. The van der Waals surface area contributed by atoms with E-state index >= 15 is 0 Å². The Labute approximate surface area is 121 Å². The van der Waals surface area contributed by atoms with Crippen LogP contribution in [0, 0.1) is 6.92 Å². The highest BCUT2D eigenvalue weighted by Crippen LogP contribution is 2.22. The van der Waals surface area contributed by atoms with Gasteiger partial charge in [0.2, 0.25) is 5.91 Å². The Balaban J connectivity index is 1.78. The molecule has 100 valence electrons. The first-order chi connectivity index (χ1) is 9.15. The fraction of sp³-hybridized carbons (Fsp3) is 0.214. The van der Waals surface area contributed by atoms with E-state index in [1.807, 2.05) is 42.6 Å². The maximum Gasteiger partial charge on any atom is 0.230 e. The first-order valence-electron chi connectivity index (χ1n) is 5.93. The lowest BCUT2D eigenvalue weighted by molar-refractivity contribution is -0.118. The molecule has 0 aliphatic heterocycles. The molecular weight excluding hydrogens is 276 g/mol. The van der Waals surface area contributed by atoms with E-state index in [0.717, 1.165) is 16.1 Å². The third-order valence-electron chi connectivity index (χ3n) is 2.65. The number of rotatable bonds is 5. The van der Waals surface area contributed by atoms with Gasteiger partial charge in [0.1, 0.15) is 0 Å². The molecule has 3 nitrogen and oxygen atoms in total. The number of thiophene rings is 1. The molecule has 0 spiro atoms. The molecule has 0 saturated heterocycles. The minimum Gasteiger partial charge on any atom is -0.399 e. The highest BCUT2D eigenvalue weighted by atomic mass is 32.2. The van der Waals surface area contributed by atoms with Crippen LogP contribution in [0.25, 0.3) is 0 Å². The number of carbonyl (C=O) groups excluding carboxylic acids is 1. The van der Waals surface area contributed by atoms with Crippen LogP contribution in [0.1, 0.15) is 10.4 Å². The standard InChI is InChI=1S/C14H16N2OS2/c1-10-7-11(4-5-13(10)15)19-9-14(17)16-8-12-3-2-6-18-12/h2-7H,8-9,15H2,1H3,(H,16,17). The van der Waals surface area contributed by atoms with Crippen molar-refractivity contribution in [1.82, 2.24) is 5.32 Å². The highest BCUT2D eigenvalue weighted by Gasteiger charge is 2.04. The second-order valence-electron chi connectivity index (χ2n) is 4.16. The summed E-state index contributed by atoms with van der Waals surface area (Å²) in [5, 5.41) is 4.91. The molecule has 1 aromatic heterocycles. The summed E-state index contributed by atoms with van der Waals surface area (Å²) in [4.78, 5) is 13.9. The number of amides is 1. The number of aryl methyl sites for hydroxylation is 1. The van der Waals surface area contributed by atoms with Crippen molar-refractivity contribution in [3.63, 3.8) is 0 Å². The molecule has 0 saturated carbocycles. The number of hydrogen-bond acceptors (Lipinski definition) is 4. The van der Waals surface area contributed by atoms with Crippen LogP contribution in [-0.2, 0) is 11.3 Å². The van der Waals surface area contributed by atoms with E-state index in [1.54, 1.807) is 11.3 Å². The van der Waals surface area contributed by atoms with E-state index < -0.39 is 0 Å². The average Bonchev–Trinajstić information content (AvgIpc) is 2.91. The second-order valence-corrected chi connectivity index (χ2v) is 6.24. The first-order valence-corrected chi connectivity index (χ1v) is 7.79. The number of hydrogen-bond donors (Lipinski definition) is 2. The molecule has 1 aromatic carbocycles. The van der Waals surface area contributed by atoms with Gasteiger partial charge in [-0.25, -0.2) is 0 Å². The second kappa shape index (κ2) is 6.63. The number of nitrogens with two attached hydrogens (primary N) is 1. The van der Waals surface area contributed by atoms with Gasteiger partial charge in [0.25, 0.3) is 0 Å². The van der Waals surface area contributed by atoms with Gasteiger partial charge in [0.05, 0.1) is 12.3 Å². The Hall–Kier alpha value is -1.46. The average molecular weight is 292 g/mol. The zero-order chi connectivity index (χ0) is 13.7.